The van der Waals surface area contributed by atoms with Gasteiger partial charge in [0.2, 0.25) is 0 Å². The maximum absolute atomic E-state index is 5.24. The van der Waals surface area contributed by atoms with E-state index < -0.39 is 0 Å². The smallest absolute Gasteiger partial charge is 0.0495 e. The highest BCUT2D eigenvalue weighted by atomic mass is 14.8. The fourth-order valence-electron chi connectivity index (χ4n) is 7.49. The van der Waals surface area contributed by atoms with Crippen LogP contribution in [-0.4, -0.2) is 24.5 Å². The summed E-state index contributed by atoms with van der Waals surface area (Å²) < 4.78 is 0. The molecule has 2 nitrogen and oxygen atoms in total. The van der Waals surface area contributed by atoms with Crippen molar-refractivity contribution in [1.82, 2.24) is 0 Å². The number of aliphatic imine (C=N–C) groups is 2. The second-order valence-electron chi connectivity index (χ2n) is 10.9. The van der Waals surface area contributed by atoms with Crippen LogP contribution in [0.2, 0.25) is 0 Å². The van der Waals surface area contributed by atoms with Gasteiger partial charge in [0, 0.05) is 41.8 Å². The summed E-state index contributed by atoms with van der Waals surface area (Å²) in [6.45, 7) is 0. The van der Waals surface area contributed by atoms with Gasteiger partial charge in [-0.15, -0.1) is 0 Å². The topological polar surface area (TPSA) is 24.7 Å². The fraction of sp³-hybridized carbons (Fsp3) is 0.548. The minimum atomic E-state index is -0.0104. The van der Waals surface area contributed by atoms with E-state index in [-0.39, 0.29) is 5.41 Å². The van der Waals surface area contributed by atoms with Crippen LogP contribution in [0, 0.1) is 11.8 Å². The number of hydrogen-bond acceptors (Lipinski definition) is 2. The number of fused-ring (bicyclic) bond motifs is 5. The van der Waals surface area contributed by atoms with Gasteiger partial charge in [-0.3, -0.25) is 9.98 Å². The van der Waals surface area contributed by atoms with Gasteiger partial charge in [0.25, 0.3) is 0 Å². The number of hydrogen-bond donors (Lipinski definition) is 0. The molecule has 3 fully saturated rings. The summed E-state index contributed by atoms with van der Waals surface area (Å²) in [4.78, 5) is 10.5. The Kier molecular flexibility index (Phi) is 5.94. The van der Waals surface area contributed by atoms with E-state index in [1.807, 2.05) is 0 Å². The molecule has 3 saturated carbocycles. The molecule has 2 heteroatoms. The highest BCUT2D eigenvalue weighted by molar-refractivity contribution is 5.87. The monoisotopic (exact) mass is 438 g/mol. The Balaban J connectivity index is 1.43. The van der Waals surface area contributed by atoms with Gasteiger partial charge in [-0.2, -0.15) is 0 Å². The molecule has 0 saturated heterocycles. The van der Waals surface area contributed by atoms with E-state index in [4.69, 9.17) is 9.98 Å². The summed E-state index contributed by atoms with van der Waals surface area (Å²) >= 11 is 0. The van der Waals surface area contributed by atoms with Gasteiger partial charge < -0.3 is 0 Å². The first-order chi connectivity index (χ1) is 16.4. The Morgan fingerprint density at radius 3 is 1.42 bits per heavy atom. The molecule has 1 spiro atoms. The zero-order valence-electron chi connectivity index (χ0n) is 20.0. The first-order valence-electron chi connectivity index (χ1n) is 13.6. The highest BCUT2D eigenvalue weighted by Gasteiger charge is 2.55. The van der Waals surface area contributed by atoms with E-state index in [0.717, 1.165) is 0 Å². The molecule has 4 aliphatic rings. The molecule has 0 aliphatic heterocycles. The van der Waals surface area contributed by atoms with Crippen molar-refractivity contribution in [2.75, 3.05) is 0 Å². The SMILES string of the molecule is C(=N\C1CCCCC1)/C1CCC(/C=N/C2CCCCC2)C12c1ccccc1-c1ccccc12. The van der Waals surface area contributed by atoms with E-state index in [9.17, 15) is 0 Å². The van der Waals surface area contributed by atoms with Crippen molar-refractivity contribution in [2.45, 2.75) is 94.5 Å². The molecule has 2 aromatic rings. The van der Waals surface area contributed by atoms with Crippen molar-refractivity contribution in [3.8, 4) is 11.1 Å². The van der Waals surface area contributed by atoms with Crippen LogP contribution in [-0.2, 0) is 5.41 Å². The molecule has 0 amide bonds. The average Bonchev–Trinajstić information content (AvgIpc) is 3.40. The minimum Gasteiger partial charge on any atom is -0.294 e. The van der Waals surface area contributed by atoms with Gasteiger partial charge in [0.05, 0.1) is 0 Å². The van der Waals surface area contributed by atoms with Crippen molar-refractivity contribution in [2.24, 2.45) is 21.8 Å². The van der Waals surface area contributed by atoms with E-state index >= 15 is 0 Å². The molecule has 0 aromatic heterocycles. The first-order valence-corrected chi connectivity index (χ1v) is 13.6. The van der Waals surface area contributed by atoms with Gasteiger partial charge >= 0.3 is 0 Å². The average molecular weight is 439 g/mol. The largest absolute Gasteiger partial charge is 0.294 e. The zero-order chi connectivity index (χ0) is 22.1. The van der Waals surface area contributed by atoms with E-state index in [1.54, 1.807) is 0 Å². The molecule has 2 unspecified atom stereocenters. The Labute approximate surface area is 199 Å². The summed E-state index contributed by atoms with van der Waals surface area (Å²) in [6, 6.07) is 19.5. The number of nitrogens with zero attached hydrogens (tertiary/aromatic N) is 2. The maximum atomic E-state index is 5.24. The summed E-state index contributed by atoms with van der Waals surface area (Å²) in [5, 5.41) is 0. The second kappa shape index (κ2) is 9.20. The van der Waals surface area contributed by atoms with Crippen LogP contribution in [0.3, 0.4) is 0 Å². The lowest BCUT2D eigenvalue weighted by molar-refractivity contribution is 0.417. The van der Waals surface area contributed by atoms with Crippen LogP contribution in [0.5, 0.6) is 0 Å². The lowest BCUT2D eigenvalue weighted by atomic mass is 9.66. The number of benzene rings is 2. The normalized spacial score (nSPS) is 27.5. The predicted molar refractivity (Wildman–Crippen MR) is 140 cm³/mol. The first kappa shape index (κ1) is 21.3. The van der Waals surface area contributed by atoms with Gasteiger partial charge in [0.1, 0.15) is 0 Å². The highest BCUT2D eigenvalue weighted by Crippen LogP contribution is 2.61. The Morgan fingerprint density at radius 2 is 0.970 bits per heavy atom. The fourth-order valence-corrected chi connectivity index (χ4v) is 7.49. The number of rotatable bonds is 4. The third kappa shape index (κ3) is 3.70. The summed E-state index contributed by atoms with van der Waals surface area (Å²) in [5.41, 5.74) is 5.89. The van der Waals surface area contributed by atoms with E-state index in [2.05, 4.69) is 61.0 Å². The van der Waals surface area contributed by atoms with Crippen LogP contribution in [0.1, 0.15) is 88.2 Å². The molecule has 4 aliphatic carbocycles. The lowest BCUT2D eigenvalue weighted by Gasteiger charge is -2.37. The van der Waals surface area contributed by atoms with Crippen LogP contribution >= 0.6 is 0 Å². The quantitative estimate of drug-likeness (QED) is 0.435. The van der Waals surface area contributed by atoms with Gasteiger partial charge in [-0.25, -0.2) is 0 Å². The third-order valence-corrected chi connectivity index (χ3v) is 9.10. The molecule has 2 aromatic carbocycles. The van der Waals surface area contributed by atoms with Gasteiger partial charge in [0.15, 0.2) is 0 Å². The van der Waals surface area contributed by atoms with Crippen molar-refractivity contribution in [1.29, 1.82) is 0 Å². The Morgan fingerprint density at radius 1 is 0.545 bits per heavy atom. The standard InChI is InChI=1S/C31H38N2/c1-3-11-25(12-4-1)32-21-23-19-20-24(22-33-26-13-5-2-6-14-26)31(23)29-17-9-7-15-27(29)28-16-8-10-18-30(28)31/h7-10,15-18,21-26H,1-6,11-14,19-20H2/b32-21+,33-22+. The molecule has 172 valence electrons. The zero-order valence-corrected chi connectivity index (χ0v) is 20.0. The summed E-state index contributed by atoms with van der Waals surface area (Å²) in [6.07, 6.45) is 20.5. The Bertz CT molecular complexity index is 939. The molecule has 33 heavy (non-hydrogen) atoms. The molecule has 6 rings (SSSR count). The van der Waals surface area contributed by atoms with Crippen LogP contribution < -0.4 is 0 Å². The van der Waals surface area contributed by atoms with Crippen molar-refractivity contribution >= 4 is 12.4 Å². The van der Waals surface area contributed by atoms with Crippen LogP contribution in [0.25, 0.3) is 11.1 Å². The third-order valence-electron chi connectivity index (χ3n) is 9.10. The van der Waals surface area contributed by atoms with Crippen molar-refractivity contribution < 1.29 is 0 Å². The Hall–Kier alpha value is -2.22. The van der Waals surface area contributed by atoms with Crippen molar-refractivity contribution in [3.05, 3.63) is 59.7 Å². The molecule has 0 radical (unpaired) electrons. The molecule has 2 atom stereocenters. The minimum absolute atomic E-state index is 0.0104. The van der Waals surface area contributed by atoms with Crippen LogP contribution in [0.15, 0.2) is 58.5 Å². The molecule has 0 bridgehead atoms. The van der Waals surface area contributed by atoms with Gasteiger partial charge in [-0.05, 0) is 60.8 Å². The predicted octanol–water partition coefficient (Wildman–Crippen LogP) is 7.79. The molecule has 0 N–H and O–H groups in total. The molecular formula is C31H38N2. The summed E-state index contributed by atoms with van der Waals surface area (Å²) in [7, 11) is 0. The van der Waals surface area contributed by atoms with E-state index in [0.29, 0.717) is 23.9 Å². The van der Waals surface area contributed by atoms with Gasteiger partial charge in [-0.1, -0.05) is 87.1 Å². The summed E-state index contributed by atoms with van der Waals surface area (Å²) in [5.74, 6) is 0.902. The van der Waals surface area contributed by atoms with E-state index in [1.165, 1.54) is 99.3 Å². The second-order valence-corrected chi connectivity index (χ2v) is 10.9. The van der Waals surface area contributed by atoms with Crippen molar-refractivity contribution in [3.63, 3.8) is 0 Å². The maximum Gasteiger partial charge on any atom is 0.0495 e. The molecular weight excluding hydrogens is 400 g/mol. The molecule has 0 heterocycles. The lowest BCUT2D eigenvalue weighted by Crippen LogP contribution is -2.38. The van der Waals surface area contributed by atoms with Crippen LogP contribution in [0.4, 0.5) is 0 Å².